The molecule has 0 fully saturated rings. The highest BCUT2D eigenvalue weighted by atomic mass is 19.4. The van der Waals surface area contributed by atoms with E-state index in [2.05, 4.69) is 0 Å². The molecule has 0 amide bonds. The average molecular weight is 296 g/mol. The minimum Gasteiger partial charge on any atom is -0.504 e. The van der Waals surface area contributed by atoms with Crippen LogP contribution in [-0.4, -0.2) is 11.4 Å². The third-order valence-corrected chi connectivity index (χ3v) is 2.77. The highest BCUT2D eigenvalue weighted by molar-refractivity contribution is 5.76. The van der Waals surface area contributed by atoms with Gasteiger partial charge in [-0.3, -0.25) is 4.79 Å². The molecular formula is C15H11F3O3. The van der Waals surface area contributed by atoms with Crippen LogP contribution in [0.4, 0.5) is 13.2 Å². The zero-order valence-electron chi connectivity index (χ0n) is 10.7. The van der Waals surface area contributed by atoms with Crippen LogP contribution in [0.15, 0.2) is 42.5 Å². The molecular weight excluding hydrogens is 285 g/mol. The lowest BCUT2D eigenvalue weighted by Gasteiger charge is -2.11. The maximum atomic E-state index is 12.6. The number of benzene rings is 2. The molecule has 110 valence electrons. The second kappa shape index (κ2) is 5.87. The molecule has 2 aromatic rings. The van der Waals surface area contributed by atoms with Gasteiger partial charge in [-0.05, 0) is 35.9 Å². The molecule has 21 heavy (non-hydrogen) atoms. The zero-order chi connectivity index (χ0) is 15.5. The van der Waals surface area contributed by atoms with Crippen molar-refractivity contribution in [2.45, 2.75) is 12.8 Å². The molecule has 0 saturated carbocycles. The topological polar surface area (TPSA) is 46.5 Å². The number of ether oxygens (including phenoxy) is 1. The zero-order valence-corrected chi connectivity index (χ0v) is 10.7. The van der Waals surface area contributed by atoms with E-state index in [4.69, 9.17) is 4.74 Å². The summed E-state index contributed by atoms with van der Waals surface area (Å²) in [5.41, 5.74) is -0.160. The van der Waals surface area contributed by atoms with Crippen LogP contribution in [0.2, 0.25) is 0 Å². The molecule has 0 bridgehead atoms. The number of aldehydes is 1. The van der Waals surface area contributed by atoms with Crippen molar-refractivity contribution in [3.63, 3.8) is 0 Å². The Morgan fingerprint density at radius 1 is 1.14 bits per heavy atom. The third-order valence-electron chi connectivity index (χ3n) is 2.77. The SMILES string of the molecule is O=Cc1ccc(OCc2cccc(C(F)(F)F)c2)c(O)c1. The van der Waals surface area contributed by atoms with Crippen molar-refractivity contribution >= 4 is 6.29 Å². The van der Waals surface area contributed by atoms with Crippen LogP contribution >= 0.6 is 0 Å². The summed E-state index contributed by atoms with van der Waals surface area (Å²) in [6.07, 6.45) is -3.85. The van der Waals surface area contributed by atoms with Crippen LogP contribution < -0.4 is 4.74 Å². The molecule has 0 atom stereocenters. The highest BCUT2D eigenvalue weighted by Crippen LogP contribution is 2.30. The second-order valence-electron chi connectivity index (χ2n) is 4.33. The van der Waals surface area contributed by atoms with Gasteiger partial charge in [-0.15, -0.1) is 0 Å². The van der Waals surface area contributed by atoms with Crippen LogP contribution in [0, 0.1) is 0 Å². The minimum atomic E-state index is -4.41. The summed E-state index contributed by atoms with van der Waals surface area (Å²) in [6.45, 7) is -0.127. The van der Waals surface area contributed by atoms with Crippen molar-refractivity contribution in [2.24, 2.45) is 0 Å². The van der Waals surface area contributed by atoms with Crippen LogP contribution in [0.3, 0.4) is 0 Å². The van der Waals surface area contributed by atoms with Gasteiger partial charge in [-0.1, -0.05) is 12.1 Å². The summed E-state index contributed by atoms with van der Waals surface area (Å²) in [4.78, 5) is 10.5. The molecule has 6 heteroatoms. The van der Waals surface area contributed by atoms with Gasteiger partial charge in [-0.2, -0.15) is 13.2 Å². The van der Waals surface area contributed by atoms with Gasteiger partial charge in [0.15, 0.2) is 11.5 Å². The lowest BCUT2D eigenvalue weighted by Crippen LogP contribution is -2.06. The van der Waals surface area contributed by atoms with Crippen LogP contribution in [0.25, 0.3) is 0 Å². The number of carbonyl (C=O) groups is 1. The van der Waals surface area contributed by atoms with E-state index in [1.807, 2.05) is 0 Å². The predicted molar refractivity (Wildman–Crippen MR) is 69.3 cm³/mol. The lowest BCUT2D eigenvalue weighted by molar-refractivity contribution is -0.137. The fraction of sp³-hybridized carbons (Fsp3) is 0.133. The van der Waals surface area contributed by atoms with Crippen LogP contribution in [0.1, 0.15) is 21.5 Å². The minimum absolute atomic E-state index is 0.0954. The number of carbonyl (C=O) groups excluding carboxylic acids is 1. The van der Waals surface area contributed by atoms with Gasteiger partial charge >= 0.3 is 6.18 Å². The van der Waals surface area contributed by atoms with E-state index < -0.39 is 11.7 Å². The second-order valence-corrected chi connectivity index (χ2v) is 4.33. The number of phenols is 1. The van der Waals surface area contributed by atoms with E-state index in [-0.39, 0.29) is 23.7 Å². The van der Waals surface area contributed by atoms with Crippen molar-refractivity contribution in [1.29, 1.82) is 0 Å². The molecule has 2 rings (SSSR count). The van der Waals surface area contributed by atoms with Crippen molar-refractivity contribution in [3.8, 4) is 11.5 Å². The molecule has 0 spiro atoms. The summed E-state index contributed by atoms with van der Waals surface area (Å²) in [5.74, 6) is -0.149. The summed E-state index contributed by atoms with van der Waals surface area (Å²) in [6, 6.07) is 8.77. The van der Waals surface area contributed by atoms with E-state index in [1.165, 1.54) is 30.3 Å². The number of hydrogen-bond donors (Lipinski definition) is 1. The number of aromatic hydroxyl groups is 1. The van der Waals surface area contributed by atoms with Gasteiger partial charge in [0, 0.05) is 5.56 Å². The number of halogens is 3. The Bertz CT molecular complexity index is 651. The van der Waals surface area contributed by atoms with E-state index in [0.717, 1.165) is 12.1 Å². The van der Waals surface area contributed by atoms with Crippen molar-refractivity contribution < 1.29 is 27.8 Å². The van der Waals surface area contributed by atoms with Crippen LogP contribution in [-0.2, 0) is 12.8 Å². The van der Waals surface area contributed by atoms with E-state index in [9.17, 15) is 23.1 Å². The first-order chi connectivity index (χ1) is 9.90. The van der Waals surface area contributed by atoms with Gasteiger partial charge in [-0.25, -0.2) is 0 Å². The Kier molecular flexibility index (Phi) is 4.16. The summed E-state index contributed by atoms with van der Waals surface area (Å²) >= 11 is 0. The maximum Gasteiger partial charge on any atom is 0.416 e. The van der Waals surface area contributed by atoms with E-state index in [0.29, 0.717) is 11.8 Å². The smallest absolute Gasteiger partial charge is 0.416 e. The molecule has 0 aliphatic heterocycles. The standard InChI is InChI=1S/C15H11F3O3/c16-15(17,18)12-3-1-2-11(6-12)9-21-14-5-4-10(8-19)7-13(14)20/h1-8,20H,9H2. The molecule has 0 radical (unpaired) electrons. The Morgan fingerprint density at radius 3 is 2.52 bits per heavy atom. The molecule has 2 aromatic carbocycles. The summed E-state index contributed by atoms with van der Waals surface area (Å²) < 4.78 is 43.0. The number of hydrogen-bond acceptors (Lipinski definition) is 3. The normalized spacial score (nSPS) is 11.2. The first-order valence-electron chi connectivity index (χ1n) is 5.97. The monoisotopic (exact) mass is 296 g/mol. The molecule has 0 saturated heterocycles. The van der Waals surface area contributed by atoms with Gasteiger partial charge in [0.1, 0.15) is 12.9 Å². The Morgan fingerprint density at radius 2 is 1.90 bits per heavy atom. The summed E-state index contributed by atoms with van der Waals surface area (Å²) in [7, 11) is 0. The van der Waals surface area contributed by atoms with Crippen LogP contribution in [0.5, 0.6) is 11.5 Å². The highest BCUT2D eigenvalue weighted by Gasteiger charge is 2.30. The Hall–Kier alpha value is -2.50. The average Bonchev–Trinajstić information content (AvgIpc) is 2.45. The third kappa shape index (κ3) is 3.75. The molecule has 0 heterocycles. The first kappa shape index (κ1) is 14.9. The fourth-order valence-electron chi connectivity index (χ4n) is 1.73. The molecule has 1 N–H and O–H groups in total. The van der Waals surface area contributed by atoms with E-state index >= 15 is 0 Å². The predicted octanol–water partition coefficient (Wildman–Crippen LogP) is 3.80. The number of rotatable bonds is 4. The van der Waals surface area contributed by atoms with Gasteiger partial charge in [0.05, 0.1) is 5.56 Å². The van der Waals surface area contributed by atoms with Crippen molar-refractivity contribution in [1.82, 2.24) is 0 Å². The molecule has 0 aliphatic rings. The summed E-state index contributed by atoms with van der Waals surface area (Å²) in [5, 5.41) is 9.62. The van der Waals surface area contributed by atoms with Gasteiger partial charge in [0.2, 0.25) is 0 Å². The maximum absolute atomic E-state index is 12.6. The molecule has 3 nitrogen and oxygen atoms in total. The van der Waals surface area contributed by atoms with Crippen molar-refractivity contribution in [2.75, 3.05) is 0 Å². The molecule has 0 aromatic heterocycles. The molecule has 0 unspecified atom stereocenters. The first-order valence-corrected chi connectivity index (χ1v) is 5.97. The molecule has 0 aliphatic carbocycles. The van der Waals surface area contributed by atoms with Crippen molar-refractivity contribution in [3.05, 3.63) is 59.2 Å². The Balaban J connectivity index is 2.11. The number of phenolic OH excluding ortho intramolecular Hbond substituents is 1. The number of alkyl halides is 3. The quantitative estimate of drug-likeness (QED) is 0.873. The Labute approximate surface area is 118 Å². The van der Waals surface area contributed by atoms with Gasteiger partial charge in [0.25, 0.3) is 0 Å². The lowest BCUT2D eigenvalue weighted by atomic mass is 10.1. The largest absolute Gasteiger partial charge is 0.504 e. The fourth-order valence-corrected chi connectivity index (χ4v) is 1.73. The van der Waals surface area contributed by atoms with E-state index in [1.54, 1.807) is 0 Å². The van der Waals surface area contributed by atoms with Gasteiger partial charge < -0.3 is 9.84 Å².